The van der Waals surface area contributed by atoms with Gasteiger partial charge in [-0.25, -0.2) is 4.39 Å². The molecule has 0 saturated carbocycles. The average Bonchev–Trinajstić information content (AvgIpc) is 2.86. The molecule has 0 radical (unpaired) electrons. The Morgan fingerprint density at radius 1 is 1.05 bits per heavy atom. The van der Waals surface area contributed by atoms with Crippen LogP contribution in [0.1, 0.15) is 95.7 Å². The van der Waals surface area contributed by atoms with Crippen molar-refractivity contribution >= 4 is 14.4 Å². The summed E-state index contributed by atoms with van der Waals surface area (Å²) in [5.41, 5.74) is 6.05. The van der Waals surface area contributed by atoms with Gasteiger partial charge in [-0.1, -0.05) is 72.8 Å². The van der Waals surface area contributed by atoms with Crippen LogP contribution in [-0.4, -0.2) is 46.0 Å². The molecule has 222 valence electrons. The third kappa shape index (κ3) is 7.68. The van der Waals surface area contributed by atoms with Crippen molar-refractivity contribution in [1.82, 2.24) is 4.98 Å². The highest BCUT2D eigenvalue weighted by atomic mass is 28.4. The first-order valence-electron chi connectivity index (χ1n) is 14.5. The molecule has 1 saturated heterocycles. The molecule has 1 aliphatic heterocycles. The van der Waals surface area contributed by atoms with Crippen molar-refractivity contribution in [2.45, 2.75) is 116 Å². The van der Waals surface area contributed by atoms with Crippen LogP contribution < -0.4 is 0 Å². The predicted octanol–water partition coefficient (Wildman–Crippen LogP) is 8.84. The van der Waals surface area contributed by atoms with Crippen LogP contribution in [0, 0.1) is 5.82 Å². The number of rotatable bonds is 10. The van der Waals surface area contributed by atoms with Gasteiger partial charge in [-0.05, 0) is 53.2 Å². The van der Waals surface area contributed by atoms with Gasteiger partial charge in [-0.2, -0.15) is 0 Å². The lowest BCUT2D eigenvalue weighted by molar-refractivity contribution is -0.188. The largest absolute Gasteiger partial charge is 0.414 e. The number of hydrogen-bond acceptors (Lipinski definition) is 5. The van der Waals surface area contributed by atoms with Crippen LogP contribution in [0.5, 0.6) is 0 Å². The number of methoxy groups -OCH3 is 2. The summed E-state index contributed by atoms with van der Waals surface area (Å²) in [5.74, 6) is 0.129. The lowest BCUT2D eigenvalue weighted by atomic mass is 9.90. The molecule has 1 fully saturated rings. The molecule has 2 aromatic rings. The molecule has 7 heteroatoms. The first kappa shape index (κ1) is 32.6. The van der Waals surface area contributed by atoms with Crippen molar-refractivity contribution in [3.63, 3.8) is 0 Å². The zero-order chi connectivity index (χ0) is 29.8. The Morgan fingerprint density at radius 3 is 2.20 bits per heavy atom. The van der Waals surface area contributed by atoms with E-state index >= 15 is 0 Å². The number of aromatic nitrogens is 1. The van der Waals surface area contributed by atoms with Gasteiger partial charge in [0.25, 0.3) is 0 Å². The van der Waals surface area contributed by atoms with Gasteiger partial charge in [-0.15, -0.1) is 0 Å². The van der Waals surface area contributed by atoms with Crippen LogP contribution in [0.3, 0.4) is 0 Å². The van der Waals surface area contributed by atoms with Gasteiger partial charge in [-0.3, -0.25) is 4.98 Å². The molecule has 0 bridgehead atoms. The molecule has 3 atom stereocenters. The monoisotopic (exact) mass is 573 g/mol. The second-order valence-corrected chi connectivity index (χ2v) is 17.8. The maximum Gasteiger partial charge on any atom is 0.192 e. The number of nitrogens with zero attached hydrogens (tertiary/aromatic N) is 1. The maximum atomic E-state index is 14.0. The summed E-state index contributed by atoms with van der Waals surface area (Å²) >= 11 is 0. The molecule has 5 nitrogen and oxygen atoms in total. The second-order valence-electron chi connectivity index (χ2n) is 13.1. The van der Waals surface area contributed by atoms with Crippen LogP contribution >= 0.6 is 0 Å². The Bertz CT molecular complexity index is 1150. The number of benzene rings is 1. The third-order valence-electron chi connectivity index (χ3n) is 8.20. The minimum Gasteiger partial charge on any atom is -0.414 e. The zero-order valence-electron chi connectivity index (χ0n) is 26.4. The summed E-state index contributed by atoms with van der Waals surface area (Å²) < 4.78 is 38.4. The van der Waals surface area contributed by atoms with Crippen molar-refractivity contribution in [2.24, 2.45) is 0 Å². The smallest absolute Gasteiger partial charge is 0.192 e. The molecule has 1 aromatic heterocycles. The van der Waals surface area contributed by atoms with E-state index in [1.54, 1.807) is 14.2 Å². The fourth-order valence-electron chi connectivity index (χ4n) is 5.04. The van der Waals surface area contributed by atoms with Gasteiger partial charge in [0.05, 0.1) is 24.5 Å². The van der Waals surface area contributed by atoms with Gasteiger partial charge < -0.3 is 18.6 Å². The van der Waals surface area contributed by atoms with Gasteiger partial charge in [0.15, 0.2) is 14.6 Å². The summed E-state index contributed by atoms with van der Waals surface area (Å²) in [7, 11) is 1.44. The predicted molar refractivity (Wildman–Crippen MR) is 165 cm³/mol. The van der Waals surface area contributed by atoms with Crippen molar-refractivity contribution in [2.75, 3.05) is 14.2 Å². The van der Waals surface area contributed by atoms with E-state index in [-0.39, 0.29) is 41.2 Å². The van der Waals surface area contributed by atoms with E-state index in [1.807, 2.05) is 12.1 Å². The lowest BCUT2D eigenvalue weighted by Crippen LogP contribution is -2.47. The van der Waals surface area contributed by atoms with E-state index < -0.39 is 8.32 Å². The molecule has 0 spiro atoms. The van der Waals surface area contributed by atoms with Gasteiger partial charge in [0.2, 0.25) is 0 Å². The Morgan fingerprint density at radius 2 is 1.68 bits per heavy atom. The standard InChI is InChI=1S/C33H50FNO4Si/c1-21(2)31-27(17-16-25-18-26(19-29(37-9)38-25)39-40(10,11)33(5,6)7)30(23-12-14-24(34)15-13-23)28(20-36-8)32(35-31)22(3)4/h12-17,21-22,25-26,29H,18-20H2,1-11H3/b17-16+/t25-,26-,29+/m1/s1/i17+2. The number of pyridine rings is 1. The molecule has 1 aromatic carbocycles. The molecule has 0 amide bonds. The van der Waals surface area contributed by atoms with Crippen LogP contribution in [0.15, 0.2) is 30.3 Å². The van der Waals surface area contributed by atoms with E-state index in [0.29, 0.717) is 13.0 Å². The van der Waals surface area contributed by atoms with Gasteiger partial charge in [0.1, 0.15) is 5.82 Å². The molecule has 0 unspecified atom stereocenters. The Balaban J connectivity index is 2.12. The Kier molecular flexibility index (Phi) is 10.9. The third-order valence-corrected chi connectivity index (χ3v) is 12.7. The van der Waals surface area contributed by atoms with E-state index in [4.69, 9.17) is 23.6 Å². The molecule has 3 rings (SSSR count). The van der Waals surface area contributed by atoms with E-state index in [2.05, 4.69) is 73.7 Å². The minimum absolute atomic E-state index is 0.0564. The molecule has 0 aliphatic carbocycles. The fourth-order valence-corrected chi connectivity index (χ4v) is 6.42. The summed E-state index contributed by atoms with van der Waals surface area (Å²) in [6.45, 7) is 20.4. The molecular weight excluding hydrogens is 523 g/mol. The van der Waals surface area contributed by atoms with Crippen LogP contribution in [0.4, 0.5) is 4.39 Å². The Hall–Kier alpha value is -1.90. The normalized spacial score (nSPS) is 20.7. The quantitative estimate of drug-likeness (QED) is 0.266. The molecule has 1 aliphatic rings. The average molecular weight is 574 g/mol. The first-order valence-corrected chi connectivity index (χ1v) is 17.4. The highest BCUT2D eigenvalue weighted by molar-refractivity contribution is 6.74. The summed E-state index contributed by atoms with van der Waals surface area (Å²) in [5, 5.41) is 0.122. The Labute approximate surface area is 242 Å². The van der Waals surface area contributed by atoms with Crippen LogP contribution in [-0.2, 0) is 25.2 Å². The molecule has 40 heavy (non-hydrogen) atoms. The topological polar surface area (TPSA) is 49.8 Å². The van der Waals surface area contributed by atoms with E-state index in [9.17, 15) is 4.39 Å². The van der Waals surface area contributed by atoms with Gasteiger partial charge in [0, 0.05) is 43.9 Å². The number of ether oxygens (including phenoxy) is 3. The van der Waals surface area contributed by atoms with Crippen molar-refractivity contribution in [1.29, 1.82) is 0 Å². The number of hydrogen-bond donors (Lipinski definition) is 0. The zero-order valence-corrected chi connectivity index (χ0v) is 27.4. The summed E-state index contributed by atoms with van der Waals surface area (Å²) in [4.78, 5) is 5.19. The summed E-state index contributed by atoms with van der Waals surface area (Å²) in [6.07, 6.45) is 5.28. The SMILES string of the molecule is COCc1c(C(C)C)nc(C(C)C)c(/[14CH]=C/[C@@H]2C[C@@H](O[Si](C)(C)C(C)(C)C)C[C@@H](OC)O2)c1-c1ccc(F)cc1. The second kappa shape index (κ2) is 13.4. The van der Waals surface area contributed by atoms with Crippen molar-refractivity contribution in [3.05, 3.63) is 58.7 Å². The lowest BCUT2D eigenvalue weighted by Gasteiger charge is -2.42. The molecule has 0 N–H and O–H groups in total. The maximum absolute atomic E-state index is 14.0. The molecule has 2 heterocycles. The molecular formula is C33H50FNO4Si. The number of halogens is 1. The minimum atomic E-state index is -1.96. The summed E-state index contributed by atoms with van der Waals surface area (Å²) in [6, 6.07) is 6.72. The van der Waals surface area contributed by atoms with E-state index in [1.165, 1.54) is 12.1 Å². The first-order chi connectivity index (χ1) is 18.7. The highest BCUT2D eigenvalue weighted by Crippen LogP contribution is 2.40. The van der Waals surface area contributed by atoms with Crippen LogP contribution in [0.25, 0.3) is 17.2 Å². The van der Waals surface area contributed by atoms with Crippen molar-refractivity contribution < 1.29 is 23.0 Å². The van der Waals surface area contributed by atoms with E-state index in [0.717, 1.165) is 40.1 Å². The van der Waals surface area contributed by atoms with Crippen molar-refractivity contribution in [3.8, 4) is 11.1 Å². The fraction of sp³-hybridized carbons (Fsp3) is 0.606. The highest BCUT2D eigenvalue weighted by Gasteiger charge is 2.41. The van der Waals surface area contributed by atoms with Crippen LogP contribution in [0.2, 0.25) is 18.1 Å². The van der Waals surface area contributed by atoms with Gasteiger partial charge >= 0.3 is 0 Å².